The smallest absolute Gasteiger partial charge is 0.0185 e. The lowest BCUT2D eigenvalue weighted by Crippen LogP contribution is -2.52. The molecule has 1 aliphatic heterocycles. The molecule has 2 aliphatic rings. The SMILES string of the molecule is CCCC(C)(NC1CC1c1ccccc1)C1CCNCC1. The number of hydrogen-bond acceptors (Lipinski definition) is 2. The molecule has 2 N–H and O–H groups in total. The minimum atomic E-state index is 0.324. The number of nitrogens with one attached hydrogen (secondary N) is 2. The van der Waals surface area contributed by atoms with Gasteiger partial charge in [-0.1, -0.05) is 43.7 Å². The summed E-state index contributed by atoms with van der Waals surface area (Å²) in [5.41, 5.74) is 1.84. The Bertz CT molecular complexity index is 438. The van der Waals surface area contributed by atoms with Crippen LogP contribution in [0.4, 0.5) is 0 Å². The highest BCUT2D eigenvalue weighted by Crippen LogP contribution is 2.43. The fourth-order valence-electron chi connectivity index (χ4n) is 4.22. The standard InChI is InChI=1S/C19H30N2/c1-3-11-19(2,16-9-12-20-13-10-16)21-18-14-17(18)15-7-5-4-6-8-15/h4-8,16-18,20-21H,3,9-14H2,1-2H3. The van der Waals surface area contributed by atoms with Crippen LogP contribution in [0.25, 0.3) is 0 Å². The second-order valence-electron chi connectivity index (χ2n) is 7.20. The second kappa shape index (κ2) is 6.50. The summed E-state index contributed by atoms with van der Waals surface area (Å²) < 4.78 is 0. The summed E-state index contributed by atoms with van der Waals surface area (Å²) in [6, 6.07) is 11.7. The molecule has 0 spiro atoms. The van der Waals surface area contributed by atoms with E-state index in [-0.39, 0.29) is 0 Å². The van der Waals surface area contributed by atoms with Gasteiger partial charge in [-0.25, -0.2) is 0 Å². The average molecular weight is 286 g/mol. The molecule has 3 unspecified atom stereocenters. The molecular formula is C19H30N2. The quantitative estimate of drug-likeness (QED) is 0.833. The molecule has 1 saturated carbocycles. The van der Waals surface area contributed by atoms with Crippen LogP contribution in [-0.4, -0.2) is 24.7 Å². The zero-order valence-corrected chi connectivity index (χ0v) is 13.6. The molecule has 0 bridgehead atoms. The summed E-state index contributed by atoms with van der Waals surface area (Å²) in [6.07, 6.45) is 6.54. The van der Waals surface area contributed by atoms with Gasteiger partial charge in [0, 0.05) is 17.5 Å². The Morgan fingerprint density at radius 2 is 1.90 bits per heavy atom. The van der Waals surface area contributed by atoms with E-state index in [0.717, 1.165) is 11.8 Å². The van der Waals surface area contributed by atoms with Gasteiger partial charge in [0.05, 0.1) is 0 Å². The summed E-state index contributed by atoms with van der Waals surface area (Å²) in [4.78, 5) is 0. The number of piperidine rings is 1. The Morgan fingerprint density at radius 1 is 1.19 bits per heavy atom. The summed E-state index contributed by atoms with van der Waals surface area (Å²) >= 11 is 0. The number of benzene rings is 1. The molecular weight excluding hydrogens is 256 g/mol. The van der Waals surface area contributed by atoms with Crippen molar-refractivity contribution in [1.82, 2.24) is 10.6 Å². The van der Waals surface area contributed by atoms with Crippen molar-refractivity contribution in [3.8, 4) is 0 Å². The van der Waals surface area contributed by atoms with Crippen molar-refractivity contribution < 1.29 is 0 Å². The van der Waals surface area contributed by atoms with Gasteiger partial charge in [0.2, 0.25) is 0 Å². The van der Waals surface area contributed by atoms with Crippen molar-refractivity contribution in [2.24, 2.45) is 5.92 Å². The third-order valence-electron chi connectivity index (χ3n) is 5.54. The first-order valence-electron chi connectivity index (χ1n) is 8.76. The van der Waals surface area contributed by atoms with Gasteiger partial charge in [-0.2, -0.15) is 0 Å². The normalized spacial score (nSPS) is 29.0. The van der Waals surface area contributed by atoms with Gasteiger partial charge >= 0.3 is 0 Å². The molecule has 1 aliphatic carbocycles. The second-order valence-corrected chi connectivity index (χ2v) is 7.20. The van der Waals surface area contributed by atoms with Gasteiger partial charge in [-0.05, 0) is 57.2 Å². The van der Waals surface area contributed by atoms with Gasteiger partial charge in [0.1, 0.15) is 0 Å². The maximum atomic E-state index is 4.06. The molecule has 3 rings (SSSR count). The lowest BCUT2D eigenvalue weighted by molar-refractivity contribution is 0.168. The third-order valence-corrected chi connectivity index (χ3v) is 5.54. The molecule has 21 heavy (non-hydrogen) atoms. The highest BCUT2D eigenvalue weighted by Gasteiger charge is 2.44. The molecule has 2 heteroatoms. The van der Waals surface area contributed by atoms with Crippen molar-refractivity contribution in [1.29, 1.82) is 0 Å². The molecule has 3 atom stereocenters. The van der Waals surface area contributed by atoms with Crippen LogP contribution in [0.2, 0.25) is 0 Å². The average Bonchev–Trinajstić information content (AvgIpc) is 3.28. The molecule has 1 aromatic carbocycles. The molecule has 2 fully saturated rings. The van der Waals surface area contributed by atoms with Crippen LogP contribution in [0.5, 0.6) is 0 Å². The molecule has 0 radical (unpaired) electrons. The van der Waals surface area contributed by atoms with E-state index in [2.05, 4.69) is 54.8 Å². The lowest BCUT2D eigenvalue weighted by Gasteiger charge is -2.41. The predicted molar refractivity (Wildman–Crippen MR) is 89.6 cm³/mol. The van der Waals surface area contributed by atoms with Crippen molar-refractivity contribution in [3.05, 3.63) is 35.9 Å². The van der Waals surface area contributed by atoms with Gasteiger partial charge in [-0.3, -0.25) is 0 Å². The Balaban J connectivity index is 1.63. The van der Waals surface area contributed by atoms with Gasteiger partial charge in [0.15, 0.2) is 0 Å². The zero-order valence-electron chi connectivity index (χ0n) is 13.6. The van der Waals surface area contributed by atoms with E-state index in [4.69, 9.17) is 0 Å². The maximum Gasteiger partial charge on any atom is 0.0185 e. The van der Waals surface area contributed by atoms with E-state index in [1.54, 1.807) is 0 Å². The molecule has 116 valence electrons. The number of rotatable bonds is 6. The van der Waals surface area contributed by atoms with Gasteiger partial charge < -0.3 is 10.6 Å². The lowest BCUT2D eigenvalue weighted by atomic mass is 9.76. The summed E-state index contributed by atoms with van der Waals surface area (Å²) in [7, 11) is 0. The van der Waals surface area contributed by atoms with Crippen LogP contribution in [0, 0.1) is 5.92 Å². The van der Waals surface area contributed by atoms with Crippen LogP contribution in [-0.2, 0) is 0 Å². The monoisotopic (exact) mass is 286 g/mol. The van der Waals surface area contributed by atoms with Crippen molar-refractivity contribution in [3.63, 3.8) is 0 Å². The van der Waals surface area contributed by atoms with E-state index >= 15 is 0 Å². The van der Waals surface area contributed by atoms with E-state index in [1.807, 2.05) is 0 Å². The first kappa shape index (κ1) is 15.1. The molecule has 1 heterocycles. The fraction of sp³-hybridized carbons (Fsp3) is 0.684. The summed E-state index contributed by atoms with van der Waals surface area (Å²) in [5.74, 6) is 1.57. The van der Waals surface area contributed by atoms with E-state index < -0.39 is 0 Å². The largest absolute Gasteiger partial charge is 0.317 e. The van der Waals surface area contributed by atoms with Crippen molar-refractivity contribution in [2.75, 3.05) is 13.1 Å². The van der Waals surface area contributed by atoms with Crippen LogP contribution in [0.15, 0.2) is 30.3 Å². The number of hydrogen-bond donors (Lipinski definition) is 2. The molecule has 1 aromatic rings. The highest BCUT2D eigenvalue weighted by atomic mass is 15.1. The summed E-state index contributed by atoms with van der Waals surface area (Å²) in [5, 5.41) is 7.56. The predicted octanol–water partition coefficient (Wildman–Crippen LogP) is 3.69. The van der Waals surface area contributed by atoms with Crippen LogP contribution < -0.4 is 10.6 Å². The zero-order chi connectivity index (χ0) is 14.7. The van der Waals surface area contributed by atoms with E-state index in [1.165, 1.54) is 50.8 Å². The van der Waals surface area contributed by atoms with Crippen LogP contribution >= 0.6 is 0 Å². The maximum absolute atomic E-state index is 4.06. The minimum absolute atomic E-state index is 0.324. The van der Waals surface area contributed by atoms with Gasteiger partial charge in [-0.15, -0.1) is 0 Å². The molecule has 2 nitrogen and oxygen atoms in total. The first-order valence-corrected chi connectivity index (χ1v) is 8.76. The minimum Gasteiger partial charge on any atom is -0.317 e. The topological polar surface area (TPSA) is 24.1 Å². The Morgan fingerprint density at radius 3 is 2.57 bits per heavy atom. The molecule has 0 aromatic heterocycles. The first-order chi connectivity index (χ1) is 10.2. The molecule has 0 amide bonds. The highest BCUT2D eigenvalue weighted by molar-refractivity contribution is 5.28. The van der Waals surface area contributed by atoms with Crippen molar-refractivity contribution in [2.45, 2.75) is 63.5 Å². The Labute approximate surface area is 129 Å². The van der Waals surface area contributed by atoms with E-state index in [0.29, 0.717) is 11.6 Å². The fourth-order valence-corrected chi connectivity index (χ4v) is 4.22. The van der Waals surface area contributed by atoms with Crippen LogP contribution in [0.1, 0.15) is 57.4 Å². The van der Waals surface area contributed by atoms with Crippen molar-refractivity contribution >= 4 is 0 Å². The third kappa shape index (κ3) is 3.49. The molecule has 1 saturated heterocycles. The Kier molecular flexibility index (Phi) is 4.66. The van der Waals surface area contributed by atoms with Crippen LogP contribution in [0.3, 0.4) is 0 Å². The summed E-state index contributed by atoms with van der Waals surface area (Å²) in [6.45, 7) is 7.19. The van der Waals surface area contributed by atoms with Gasteiger partial charge in [0.25, 0.3) is 0 Å². The van der Waals surface area contributed by atoms with E-state index in [9.17, 15) is 0 Å². The Hall–Kier alpha value is -0.860.